The lowest BCUT2D eigenvalue weighted by Gasteiger charge is -2.31. The van der Waals surface area contributed by atoms with Gasteiger partial charge >= 0.3 is 5.97 Å². The number of carboxylic acids is 1. The van der Waals surface area contributed by atoms with E-state index in [1.54, 1.807) is 36.3 Å². The number of halogens is 2. The molecule has 1 amide bonds. The fourth-order valence-corrected chi connectivity index (χ4v) is 5.42. The molecule has 5 nitrogen and oxygen atoms in total. The minimum atomic E-state index is -0.934. The number of aliphatic carboxylic acids is 1. The number of benzene rings is 3. The van der Waals surface area contributed by atoms with E-state index in [4.69, 9.17) is 16.3 Å². The molecule has 3 aromatic rings. The topological polar surface area (TPSA) is 66.8 Å². The molecule has 1 N–H and O–H groups in total. The Bertz CT molecular complexity index is 1320. The molecule has 1 aliphatic heterocycles. The number of nitrogens with zero attached hydrogens (tertiary/aromatic N) is 1. The van der Waals surface area contributed by atoms with Crippen LogP contribution < -0.4 is 4.74 Å². The van der Waals surface area contributed by atoms with E-state index in [9.17, 15) is 19.1 Å². The van der Waals surface area contributed by atoms with Gasteiger partial charge in [-0.15, -0.1) is 0 Å². The maximum Gasteiger partial charge on any atom is 0.307 e. The first kappa shape index (κ1) is 23.4. The number of rotatable bonds is 6. The summed E-state index contributed by atoms with van der Waals surface area (Å²) in [6, 6.07) is 16.0. The van der Waals surface area contributed by atoms with Crippen molar-refractivity contribution in [1.82, 2.24) is 4.90 Å². The van der Waals surface area contributed by atoms with E-state index in [1.165, 1.54) is 6.07 Å². The second-order valence-corrected chi connectivity index (χ2v) is 9.54. The van der Waals surface area contributed by atoms with Crippen molar-refractivity contribution in [3.8, 4) is 16.9 Å². The monoisotopic (exact) mass is 493 g/mol. The molecule has 180 valence electrons. The molecular formula is C28H25ClFNO4. The third kappa shape index (κ3) is 4.50. The van der Waals surface area contributed by atoms with Gasteiger partial charge in [0, 0.05) is 29.6 Å². The predicted octanol–water partition coefficient (Wildman–Crippen LogP) is 5.47. The van der Waals surface area contributed by atoms with Crippen LogP contribution in [0.2, 0.25) is 5.02 Å². The van der Waals surface area contributed by atoms with Crippen LogP contribution in [0, 0.1) is 11.7 Å². The Hall–Kier alpha value is -3.38. The van der Waals surface area contributed by atoms with Crippen molar-refractivity contribution in [2.24, 2.45) is 5.92 Å². The lowest BCUT2D eigenvalue weighted by atomic mass is 9.89. The maximum absolute atomic E-state index is 14.8. The lowest BCUT2D eigenvalue weighted by molar-refractivity contribution is -0.136. The van der Waals surface area contributed by atoms with Gasteiger partial charge in [-0.2, -0.15) is 0 Å². The van der Waals surface area contributed by atoms with Gasteiger partial charge in [0.05, 0.1) is 13.5 Å². The Labute approximate surface area is 208 Å². The first-order chi connectivity index (χ1) is 16.9. The van der Waals surface area contributed by atoms with Crippen LogP contribution in [0.15, 0.2) is 54.6 Å². The van der Waals surface area contributed by atoms with Gasteiger partial charge in [0.15, 0.2) is 0 Å². The molecule has 0 saturated heterocycles. The Morgan fingerprint density at radius 3 is 2.66 bits per heavy atom. The molecule has 3 aromatic carbocycles. The van der Waals surface area contributed by atoms with Gasteiger partial charge in [-0.3, -0.25) is 9.59 Å². The lowest BCUT2D eigenvalue weighted by Crippen LogP contribution is -2.37. The van der Waals surface area contributed by atoms with Crippen LogP contribution >= 0.6 is 11.6 Å². The van der Waals surface area contributed by atoms with Crippen LogP contribution in [0.3, 0.4) is 0 Å². The quantitative estimate of drug-likeness (QED) is 0.494. The normalized spacial score (nSPS) is 18.7. The Morgan fingerprint density at radius 1 is 1.11 bits per heavy atom. The van der Waals surface area contributed by atoms with E-state index >= 15 is 0 Å². The molecular weight excluding hydrogens is 469 g/mol. The first-order valence-electron chi connectivity index (χ1n) is 11.6. The first-order valence-corrected chi connectivity index (χ1v) is 12.0. The van der Waals surface area contributed by atoms with Crippen molar-refractivity contribution in [3.05, 3.63) is 87.7 Å². The molecule has 5 rings (SSSR count). The van der Waals surface area contributed by atoms with E-state index < -0.39 is 5.97 Å². The molecule has 0 unspecified atom stereocenters. The van der Waals surface area contributed by atoms with E-state index in [2.05, 4.69) is 0 Å². The van der Waals surface area contributed by atoms with Crippen LogP contribution in [0.4, 0.5) is 4.39 Å². The number of ether oxygens (including phenoxy) is 1. The highest BCUT2D eigenvalue weighted by molar-refractivity contribution is 6.31. The molecule has 2 aliphatic rings. The van der Waals surface area contributed by atoms with Crippen molar-refractivity contribution in [1.29, 1.82) is 0 Å². The largest absolute Gasteiger partial charge is 0.496 e. The van der Waals surface area contributed by atoms with Gasteiger partial charge < -0.3 is 14.7 Å². The van der Waals surface area contributed by atoms with Crippen LogP contribution in [-0.4, -0.2) is 35.5 Å². The maximum atomic E-state index is 14.8. The number of carbonyl (C=O) groups excluding carboxylic acids is 1. The van der Waals surface area contributed by atoms with Gasteiger partial charge in [-0.1, -0.05) is 41.9 Å². The molecule has 0 bridgehead atoms. The summed E-state index contributed by atoms with van der Waals surface area (Å²) in [5.74, 6) is -0.618. The molecule has 2 atom stereocenters. The molecule has 1 fully saturated rings. The molecule has 1 aliphatic carbocycles. The Kier molecular flexibility index (Phi) is 6.24. The molecule has 1 saturated carbocycles. The van der Waals surface area contributed by atoms with E-state index in [-0.39, 0.29) is 30.0 Å². The third-order valence-corrected chi connectivity index (χ3v) is 7.33. The van der Waals surface area contributed by atoms with Crippen LogP contribution in [0.25, 0.3) is 11.1 Å². The zero-order valence-electron chi connectivity index (χ0n) is 19.3. The minimum Gasteiger partial charge on any atom is -0.496 e. The highest BCUT2D eigenvalue weighted by Gasteiger charge is 2.47. The summed E-state index contributed by atoms with van der Waals surface area (Å²) in [4.78, 5) is 26.5. The highest BCUT2D eigenvalue weighted by Crippen LogP contribution is 2.51. The molecule has 35 heavy (non-hydrogen) atoms. The van der Waals surface area contributed by atoms with Gasteiger partial charge in [-0.25, -0.2) is 4.39 Å². The van der Waals surface area contributed by atoms with Gasteiger partial charge in [-0.05, 0) is 70.8 Å². The second kappa shape index (κ2) is 9.34. The number of hydrogen-bond acceptors (Lipinski definition) is 3. The molecule has 7 heteroatoms. The fourth-order valence-electron chi connectivity index (χ4n) is 5.14. The van der Waals surface area contributed by atoms with Gasteiger partial charge in [0.25, 0.3) is 0 Å². The van der Waals surface area contributed by atoms with E-state index in [0.29, 0.717) is 47.0 Å². The number of fused-ring (bicyclic) bond motifs is 1. The summed E-state index contributed by atoms with van der Waals surface area (Å²) in [7, 11) is 1.55. The minimum absolute atomic E-state index is 0.0578. The van der Waals surface area contributed by atoms with Crippen molar-refractivity contribution in [2.75, 3.05) is 13.7 Å². The molecule has 1 heterocycles. The summed E-state index contributed by atoms with van der Waals surface area (Å²) in [6.45, 7) is 0.744. The molecule has 0 spiro atoms. The number of carboxylic acid groups (broad SMARTS) is 1. The smallest absolute Gasteiger partial charge is 0.307 e. The summed E-state index contributed by atoms with van der Waals surface area (Å²) in [5, 5.41) is 9.90. The number of hydrogen-bond donors (Lipinski definition) is 1. The highest BCUT2D eigenvalue weighted by atomic mass is 35.5. The standard InChI is InChI=1S/C28H25ClFNO4/c1-35-26-9-6-16(13-27(32)33)12-21(26)17-7-8-25(30)19-10-11-31(15-23(17)19)28(34)22-14-20(22)18-4-2-3-5-24(18)29/h2-9,12,20,22H,10-11,13-15H2,1H3,(H,32,33)/t20-,22+/m0/s1. The van der Waals surface area contributed by atoms with Crippen molar-refractivity contribution >= 4 is 23.5 Å². The molecule has 0 radical (unpaired) electrons. The Morgan fingerprint density at radius 2 is 1.91 bits per heavy atom. The third-order valence-electron chi connectivity index (χ3n) is 6.99. The van der Waals surface area contributed by atoms with Gasteiger partial charge in [0.1, 0.15) is 11.6 Å². The van der Waals surface area contributed by atoms with Crippen LogP contribution in [0.1, 0.15) is 34.6 Å². The number of methoxy groups -OCH3 is 1. The van der Waals surface area contributed by atoms with Crippen LogP contribution in [-0.2, 0) is 29.0 Å². The SMILES string of the molecule is COc1ccc(CC(=O)O)cc1-c1ccc(F)c2c1CN(C(=O)[C@@H]1C[C@H]1c1ccccc1Cl)CC2. The van der Waals surface area contributed by atoms with Crippen molar-refractivity contribution in [2.45, 2.75) is 31.7 Å². The van der Waals surface area contributed by atoms with Crippen molar-refractivity contribution in [3.63, 3.8) is 0 Å². The average molecular weight is 494 g/mol. The van der Waals surface area contributed by atoms with Gasteiger partial charge in [0.2, 0.25) is 5.91 Å². The second-order valence-electron chi connectivity index (χ2n) is 9.14. The summed E-state index contributed by atoms with van der Waals surface area (Å²) in [5.41, 5.74) is 4.40. The predicted molar refractivity (Wildman–Crippen MR) is 131 cm³/mol. The number of carbonyl (C=O) groups is 2. The zero-order valence-corrected chi connectivity index (χ0v) is 20.0. The average Bonchev–Trinajstić information content (AvgIpc) is 3.64. The zero-order chi connectivity index (χ0) is 24.7. The Balaban J connectivity index is 1.46. The van der Waals surface area contributed by atoms with Crippen molar-refractivity contribution < 1.29 is 23.8 Å². The van der Waals surface area contributed by atoms with E-state index in [0.717, 1.165) is 23.1 Å². The number of amides is 1. The summed E-state index contributed by atoms with van der Waals surface area (Å²) < 4.78 is 20.3. The van der Waals surface area contributed by atoms with Crippen LogP contribution in [0.5, 0.6) is 5.75 Å². The summed E-state index contributed by atoms with van der Waals surface area (Å²) in [6.07, 6.45) is 1.05. The molecule has 0 aromatic heterocycles. The summed E-state index contributed by atoms with van der Waals surface area (Å²) >= 11 is 6.35. The van der Waals surface area contributed by atoms with E-state index in [1.807, 2.05) is 24.3 Å². The fraction of sp³-hybridized carbons (Fsp3) is 0.286.